The molecule has 0 amide bonds. The van der Waals surface area contributed by atoms with Crippen molar-refractivity contribution in [2.24, 2.45) is 0 Å². The minimum atomic E-state index is -1.42. The van der Waals surface area contributed by atoms with Gasteiger partial charge in [-0.3, -0.25) is 10.1 Å². The number of halogens is 3. The molecular formula is C14H19F3N2O2. The minimum absolute atomic E-state index is 0.289. The largest absolute Gasteiger partial charge is 0.480 e. The topological polar surface area (TPSA) is 52.6 Å². The maximum absolute atomic E-state index is 13.6. The van der Waals surface area contributed by atoms with E-state index in [1.54, 1.807) is 0 Å². The molecule has 0 aliphatic rings. The Kier molecular flexibility index (Phi) is 6.64. The lowest BCUT2D eigenvalue weighted by Crippen LogP contribution is -2.36. The van der Waals surface area contributed by atoms with E-state index in [2.05, 4.69) is 5.32 Å². The third kappa shape index (κ3) is 4.71. The fraction of sp³-hybridized carbons (Fsp3) is 0.500. The van der Waals surface area contributed by atoms with Crippen LogP contribution in [0.15, 0.2) is 12.1 Å². The molecule has 0 radical (unpaired) electrons. The average Bonchev–Trinajstić information content (AvgIpc) is 2.43. The maximum Gasteiger partial charge on any atom is 0.325 e. The van der Waals surface area contributed by atoms with Gasteiger partial charge in [-0.15, -0.1) is 0 Å². The maximum atomic E-state index is 13.6. The molecule has 1 aromatic rings. The van der Waals surface area contributed by atoms with Crippen LogP contribution in [-0.2, 0) is 4.79 Å². The zero-order chi connectivity index (χ0) is 16.0. The van der Waals surface area contributed by atoms with Gasteiger partial charge >= 0.3 is 5.97 Å². The molecule has 118 valence electrons. The molecule has 0 bridgehead atoms. The van der Waals surface area contributed by atoms with E-state index >= 15 is 0 Å². The van der Waals surface area contributed by atoms with Crippen LogP contribution < -0.4 is 5.32 Å². The molecule has 2 N–H and O–H groups in total. The SMILES string of the molecule is CCN(CC)CCNC(C(=O)O)c1cc(F)c(F)cc1F. The lowest BCUT2D eigenvalue weighted by atomic mass is 10.1. The van der Waals surface area contributed by atoms with Gasteiger partial charge in [0.2, 0.25) is 0 Å². The summed E-state index contributed by atoms with van der Waals surface area (Å²) in [5.74, 6) is -5.05. The van der Waals surface area contributed by atoms with E-state index in [4.69, 9.17) is 5.11 Å². The number of carbonyl (C=O) groups is 1. The van der Waals surface area contributed by atoms with Gasteiger partial charge in [0.15, 0.2) is 11.6 Å². The Morgan fingerprint density at radius 3 is 2.29 bits per heavy atom. The summed E-state index contributed by atoms with van der Waals surface area (Å²) in [6.07, 6.45) is 0. The van der Waals surface area contributed by atoms with E-state index in [1.165, 1.54) is 0 Å². The number of rotatable bonds is 8. The van der Waals surface area contributed by atoms with Crippen LogP contribution in [0.5, 0.6) is 0 Å². The molecule has 0 spiro atoms. The number of hydrogen-bond donors (Lipinski definition) is 2. The molecule has 1 unspecified atom stereocenters. The first-order valence-corrected chi connectivity index (χ1v) is 6.73. The molecule has 7 heteroatoms. The van der Waals surface area contributed by atoms with Crippen molar-refractivity contribution in [2.45, 2.75) is 19.9 Å². The highest BCUT2D eigenvalue weighted by molar-refractivity contribution is 5.75. The van der Waals surface area contributed by atoms with Crippen LogP contribution in [0.4, 0.5) is 13.2 Å². The van der Waals surface area contributed by atoms with Gasteiger partial charge in [-0.2, -0.15) is 0 Å². The van der Waals surface area contributed by atoms with Crippen LogP contribution in [-0.4, -0.2) is 42.2 Å². The fourth-order valence-corrected chi connectivity index (χ4v) is 2.00. The Hall–Kier alpha value is -1.60. The molecule has 21 heavy (non-hydrogen) atoms. The summed E-state index contributed by atoms with van der Waals surface area (Å²) in [4.78, 5) is 13.3. The van der Waals surface area contributed by atoms with Crippen LogP contribution >= 0.6 is 0 Å². The molecule has 1 aromatic carbocycles. The molecular weight excluding hydrogens is 285 g/mol. The third-order valence-electron chi connectivity index (χ3n) is 3.27. The summed E-state index contributed by atoms with van der Waals surface area (Å²) in [5.41, 5.74) is -0.416. The minimum Gasteiger partial charge on any atom is -0.480 e. The molecule has 0 saturated carbocycles. The standard InChI is InChI=1S/C14H19F3N2O2/c1-3-19(4-2)6-5-18-13(14(20)21)9-7-11(16)12(17)8-10(9)15/h7-8,13,18H,3-6H2,1-2H3,(H,20,21). The highest BCUT2D eigenvalue weighted by Gasteiger charge is 2.24. The van der Waals surface area contributed by atoms with Crippen LogP contribution in [0.3, 0.4) is 0 Å². The average molecular weight is 304 g/mol. The van der Waals surface area contributed by atoms with Gasteiger partial charge < -0.3 is 10.0 Å². The molecule has 0 aromatic heterocycles. The first-order chi connectivity index (χ1) is 9.90. The zero-order valence-electron chi connectivity index (χ0n) is 12.0. The molecule has 0 heterocycles. The van der Waals surface area contributed by atoms with Crippen LogP contribution in [0, 0.1) is 17.5 Å². The summed E-state index contributed by atoms with van der Waals surface area (Å²) < 4.78 is 39.7. The van der Waals surface area contributed by atoms with E-state index in [9.17, 15) is 18.0 Å². The van der Waals surface area contributed by atoms with Crippen LogP contribution in [0.1, 0.15) is 25.5 Å². The number of likely N-dealkylation sites (N-methyl/N-ethyl adjacent to an activating group) is 1. The van der Waals surface area contributed by atoms with Crippen molar-refractivity contribution >= 4 is 5.97 Å². The van der Waals surface area contributed by atoms with E-state index in [0.29, 0.717) is 18.7 Å². The number of nitrogens with one attached hydrogen (secondary N) is 1. The van der Waals surface area contributed by atoms with Gasteiger partial charge in [-0.05, 0) is 19.2 Å². The van der Waals surface area contributed by atoms with Gasteiger partial charge in [0, 0.05) is 24.7 Å². The van der Waals surface area contributed by atoms with Crippen molar-refractivity contribution in [3.8, 4) is 0 Å². The van der Waals surface area contributed by atoms with Crippen molar-refractivity contribution in [1.29, 1.82) is 0 Å². The monoisotopic (exact) mass is 304 g/mol. The highest BCUT2D eigenvalue weighted by atomic mass is 19.2. The molecule has 1 atom stereocenters. The Balaban J connectivity index is 2.83. The molecule has 0 aliphatic carbocycles. The Bertz CT molecular complexity index is 493. The first kappa shape index (κ1) is 17.5. The van der Waals surface area contributed by atoms with E-state index < -0.39 is 35.0 Å². The smallest absolute Gasteiger partial charge is 0.325 e. The Labute approximate surface area is 121 Å². The Morgan fingerprint density at radius 2 is 1.76 bits per heavy atom. The number of benzene rings is 1. The van der Waals surface area contributed by atoms with E-state index in [-0.39, 0.29) is 6.54 Å². The van der Waals surface area contributed by atoms with Gasteiger partial charge in [-0.1, -0.05) is 13.8 Å². The molecule has 0 saturated heterocycles. The quantitative estimate of drug-likeness (QED) is 0.723. The van der Waals surface area contributed by atoms with E-state index in [1.807, 2.05) is 18.7 Å². The lowest BCUT2D eigenvalue weighted by Gasteiger charge is -2.21. The second-order valence-corrected chi connectivity index (χ2v) is 4.54. The summed E-state index contributed by atoms with van der Waals surface area (Å²) >= 11 is 0. The van der Waals surface area contributed by atoms with Crippen molar-refractivity contribution < 1.29 is 23.1 Å². The number of carboxylic acids is 1. The predicted octanol–water partition coefficient (Wildman–Crippen LogP) is 2.16. The second-order valence-electron chi connectivity index (χ2n) is 4.54. The number of nitrogens with zero attached hydrogens (tertiary/aromatic N) is 1. The van der Waals surface area contributed by atoms with Gasteiger partial charge in [-0.25, -0.2) is 13.2 Å². The Morgan fingerprint density at radius 1 is 1.19 bits per heavy atom. The normalized spacial score (nSPS) is 12.7. The van der Waals surface area contributed by atoms with Gasteiger partial charge in [0.05, 0.1) is 0 Å². The molecule has 0 fully saturated rings. The summed E-state index contributed by atoms with van der Waals surface area (Å²) in [5, 5.41) is 11.8. The highest BCUT2D eigenvalue weighted by Crippen LogP contribution is 2.20. The van der Waals surface area contributed by atoms with Gasteiger partial charge in [0.1, 0.15) is 11.9 Å². The molecule has 0 aliphatic heterocycles. The van der Waals surface area contributed by atoms with Crippen molar-refractivity contribution in [3.63, 3.8) is 0 Å². The molecule has 1 rings (SSSR count). The van der Waals surface area contributed by atoms with Crippen molar-refractivity contribution in [2.75, 3.05) is 26.2 Å². The first-order valence-electron chi connectivity index (χ1n) is 6.73. The van der Waals surface area contributed by atoms with Crippen LogP contribution in [0.25, 0.3) is 0 Å². The van der Waals surface area contributed by atoms with Gasteiger partial charge in [0.25, 0.3) is 0 Å². The number of aliphatic carboxylic acids is 1. The summed E-state index contributed by atoms with van der Waals surface area (Å²) in [6, 6.07) is -0.490. The lowest BCUT2D eigenvalue weighted by molar-refractivity contribution is -0.139. The third-order valence-corrected chi connectivity index (χ3v) is 3.27. The van der Waals surface area contributed by atoms with Crippen molar-refractivity contribution in [3.05, 3.63) is 35.1 Å². The number of carboxylic acid groups (broad SMARTS) is 1. The zero-order valence-corrected chi connectivity index (χ0v) is 12.0. The van der Waals surface area contributed by atoms with E-state index in [0.717, 1.165) is 13.1 Å². The van der Waals surface area contributed by atoms with Crippen LogP contribution in [0.2, 0.25) is 0 Å². The molecule has 4 nitrogen and oxygen atoms in total. The van der Waals surface area contributed by atoms with Crippen molar-refractivity contribution in [1.82, 2.24) is 10.2 Å². The number of hydrogen-bond acceptors (Lipinski definition) is 3. The second kappa shape index (κ2) is 7.99. The predicted molar refractivity (Wildman–Crippen MR) is 72.5 cm³/mol. The fourth-order valence-electron chi connectivity index (χ4n) is 2.00. The summed E-state index contributed by atoms with van der Waals surface area (Å²) in [7, 11) is 0. The summed E-state index contributed by atoms with van der Waals surface area (Å²) in [6.45, 7) is 6.39.